The standard InChI is InChI=1S/C21H41N5O2.HI/c1-3-22-20(23-17-19(2)25-9-13-27-14-10-25)24-18-21(7-5-4-6-8-21)26-11-15-28-16-12-26;/h19H,3-18H2,1-2H3,(H2,22,23,24);1H. The number of morpholine rings is 2. The van der Waals surface area contributed by atoms with Crippen molar-refractivity contribution < 1.29 is 9.47 Å². The highest BCUT2D eigenvalue weighted by atomic mass is 127. The van der Waals surface area contributed by atoms with Gasteiger partial charge in [0.05, 0.1) is 33.0 Å². The number of hydrogen-bond acceptors (Lipinski definition) is 5. The van der Waals surface area contributed by atoms with Crippen LogP contribution in [0.25, 0.3) is 0 Å². The lowest BCUT2D eigenvalue weighted by Crippen LogP contribution is -2.57. The number of halogens is 1. The molecule has 8 heteroatoms. The number of ether oxygens (including phenoxy) is 2. The van der Waals surface area contributed by atoms with Gasteiger partial charge in [-0.1, -0.05) is 19.3 Å². The average molecular weight is 524 g/mol. The van der Waals surface area contributed by atoms with Gasteiger partial charge in [-0.05, 0) is 26.7 Å². The lowest BCUT2D eigenvalue weighted by Gasteiger charge is -2.47. The molecule has 3 fully saturated rings. The van der Waals surface area contributed by atoms with Crippen molar-refractivity contribution in [2.45, 2.75) is 57.5 Å². The molecule has 0 aromatic heterocycles. The molecule has 2 aliphatic heterocycles. The summed E-state index contributed by atoms with van der Waals surface area (Å²) in [6.07, 6.45) is 6.54. The Labute approximate surface area is 194 Å². The van der Waals surface area contributed by atoms with E-state index >= 15 is 0 Å². The third-order valence-electron chi connectivity index (χ3n) is 6.58. The smallest absolute Gasteiger partial charge is 0.191 e. The highest BCUT2D eigenvalue weighted by molar-refractivity contribution is 14.0. The van der Waals surface area contributed by atoms with Crippen LogP contribution in [-0.2, 0) is 9.47 Å². The van der Waals surface area contributed by atoms with Crippen molar-refractivity contribution in [1.82, 2.24) is 20.4 Å². The van der Waals surface area contributed by atoms with E-state index in [1.807, 2.05) is 0 Å². The third-order valence-corrected chi connectivity index (χ3v) is 6.58. The molecule has 0 spiro atoms. The van der Waals surface area contributed by atoms with Crippen LogP contribution in [0.3, 0.4) is 0 Å². The molecular formula is C21H42IN5O2. The summed E-state index contributed by atoms with van der Waals surface area (Å²) in [5, 5.41) is 7.04. The fraction of sp³-hybridized carbons (Fsp3) is 0.952. The van der Waals surface area contributed by atoms with Gasteiger partial charge in [0.2, 0.25) is 0 Å². The normalized spacial score (nSPS) is 25.1. The number of nitrogens with zero attached hydrogens (tertiary/aromatic N) is 3. The molecule has 0 amide bonds. The van der Waals surface area contributed by atoms with Crippen molar-refractivity contribution in [2.75, 3.05) is 72.2 Å². The van der Waals surface area contributed by atoms with E-state index in [-0.39, 0.29) is 29.5 Å². The molecule has 1 saturated carbocycles. The zero-order chi connectivity index (χ0) is 19.7. The van der Waals surface area contributed by atoms with Gasteiger partial charge in [-0.3, -0.25) is 14.8 Å². The Kier molecular flexibility index (Phi) is 11.5. The zero-order valence-electron chi connectivity index (χ0n) is 18.5. The van der Waals surface area contributed by atoms with Crippen LogP contribution in [0.2, 0.25) is 0 Å². The number of rotatable bonds is 7. The first-order valence-electron chi connectivity index (χ1n) is 11.4. The Bertz CT molecular complexity index is 476. The number of guanidine groups is 1. The Hall–Kier alpha value is -0.160. The summed E-state index contributed by atoms with van der Waals surface area (Å²) in [6, 6.07) is 0.482. The first kappa shape index (κ1) is 25.1. The number of aliphatic imine (C=N–C) groups is 1. The Morgan fingerprint density at radius 1 is 0.966 bits per heavy atom. The van der Waals surface area contributed by atoms with Gasteiger partial charge in [0, 0.05) is 50.8 Å². The molecular weight excluding hydrogens is 481 g/mol. The van der Waals surface area contributed by atoms with Crippen LogP contribution in [0.1, 0.15) is 46.0 Å². The molecule has 2 N–H and O–H groups in total. The number of hydrogen-bond donors (Lipinski definition) is 2. The second-order valence-electron chi connectivity index (χ2n) is 8.46. The molecule has 1 aliphatic carbocycles. The van der Waals surface area contributed by atoms with E-state index < -0.39 is 0 Å². The zero-order valence-corrected chi connectivity index (χ0v) is 20.8. The molecule has 170 valence electrons. The van der Waals surface area contributed by atoms with Crippen LogP contribution in [0.15, 0.2) is 4.99 Å². The monoisotopic (exact) mass is 523 g/mol. The van der Waals surface area contributed by atoms with Gasteiger partial charge in [0.15, 0.2) is 5.96 Å². The summed E-state index contributed by atoms with van der Waals surface area (Å²) in [5.74, 6) is 0.959. The molecule has 29 heavy (non-hydrogen) atoms. The van der Waals surface area contributed by atoms with E-state index in [1.165, 1.54) is 32.1 Å². The minimum atomic E-state index is 0. The fourth-order valence-corrected chi connectivity index (χ4v) is 4.78. The quantitative estimate of drug-likeness (QED) is 0.302. The molecule has 0 radical (unpaired) electrons. The van der Waals surface area contributed by atoms with Crippen LogP contribution >= 0.6 is 24.0 Å². The summed E-state index contributed by atoms with van der Waals surface area (Å²) in [6.45, 7) is 14.7. The van der Waals surface area contributed by atoms with Crippen molar-refractivity contribution in [3.63, 3.8) is 0 Å². The van der Waals surface area contributed by atoms with Gasteiger partial charge in [0.1, 0.15) is 0 Å². The average Bonchev–Trinajstić information content (AvgIpc) is 2.77. The lowest BCUT2D eigenvalue weighted by molar-refractivity contribution is -0.0333. The van der Waals surface area contributed by atoms with E-state index in [0.29, 0.717) is 6.04 Å². The first-order valence-corrected chi connectivity index (χ1v) is 11.4. The SMILES string of the molecule is CCNC(=NCC1(N2CCOCC2)CCCCC1)NCC(C)N1CCOCC1.I. The van der Waals surface area contributed by atoms with Gasteiger partial charge in [0.25, 0.3) is 0 Å². The van der Waals surface area contributed by atoms with Gasteiger partial charge in [-0.15, -0.1) is 24.0 Å². The van der Waals surface area contributed by atoms with Crippen LogP contribution < -0.4 is 10.6 Å². The Morgan fingerprint density at radius 2 is 1.59 bits per heavy atom. The minimum Gasteiger partial charge on any atom is -0.379 e. The van der Waals surface area contributed by atoms with Crippen molar-refractivity contribution in [1.29, 1.82) is 0 Å². The van der Waals surface area contributed by atoms with E-state index in [4.69, 9.17) is 14.5 Å². The Morgan fingerprint density at radius 3 is 2.21 bits per heavy atom. The molecule has 1 atom stereocenters. The molecule has 2 saturated heterocycles. The van der Waals surface area contributed by atoms with Crippen molar-refractivity contribution in [2.24, 2.45) is 4.99 Å². The summed E-state index contributed by atoms with van der Waals surface area (Å²) in [7, 11) is 0. The topological polar surface area (TPSA) is 61.4 Å². The van der Waals surface area contributed by atoms with Gasteiger partial charge in [-0.25, -0.2) is 0 Å². The predicted molar refractivity (Wildman–Crippen MR) is 129 cm³/mol. The van der Waals surface area contributed by atoms with Crippen molar-refractivity contribution in [3.8, 4) is 0 Å². The summed E-state index contributed by atoms with van der Waals surface area (Å²) >= 11 is 0. The van der Waals surface area contributed by atoms with Crippen LogP contribution in [-0.4, -0.2) is 99.6 Å². The molecule has 0 bridgehead atoms. The maximum Gasteiger partial charge on any atom is 0.191 e. The molecule has 3 rings (SSSR count). The van der Waals surface area contributed by atoms with Gasteiger partial charge < -0.3 is 20.1 Å². The first-order chi connectivity index (χ1) is 13.7. The van der Waals surface area contributed by atoms with Crippen molar-refractivity contribution in [3.05, 3.63) is 0 Å². The van der Waals surface area contributed by atoms with E-state index in [2.05, 4.69) is 34.3 Å². The van der Waals surface area contributed by atoms with Gasteiger partial charge in [-0.2, -0.15) is 0 Å². The summed E-state index contributed by atoms with van der Waals surface area (Å²) < 4.78 is 11.1. The fourth-order valence-electron chi connectivity index (χ4n) is 4.78. The van der Waals surface area contributed by atoms with E-state index in [0.717, 1.165) is 78.2 Å². The van der Waals surface area contributed by atoms with E-state index in [9.17, 15) is 0 Å². The molecule has 3 aliphatic rings. The lowest BCUT2D eigenvalue weighted by atomic mass is 9.80. The molecule has 7 nitrogen and oxygen atoms in total. The second kappa shape index (κ2) is 13.3. The summed E-state index contributed by atoms with van der Waals surface area (Å²) in [5.41, 5.74) is 0.222. The molecule has 0 aromatic carbocycles. The van der Waals surface area contributed by atoms with E-state index in [1.54, 1.807) is 0 Å². The third kappa shape index (κ3) is 7.48. The highest BCUT2D eigenvalue weighted by Crippen LogP contribution is 2.34. The minimum absolute atomic E-state index is 0. The highest BCUT2D eigenvalue weighted by Gasteiger charge is 2.38. The molecule has 1 unspecified atom stereocenters. The van der Waals surface area contributed by atoms with Crippen LogP contribution in [0.5, 0.6) is 0 Å². The molecule has 0 aromatic rings. The van der Waals surface area contributed by atoms with Crippen LogP contribution in [0.4, 0.5) is 0 Å². The summed E-state index contributed by atoms with van der Waals surface area (Å²) in [4.78, 5) is 10.2. The largest absolute Gasteiger partial charge is 0.379 e. The number of nitrogens with one attached hydrogen (secondary N) is 2. The Balaban J connectivity index is 0.00000300. The maximum absolute atomic E-state index is 5.61. The van der Waals surface area contributed by atoms with Gasteiger partial charge >= 0.3 is 0 Å². The molecule has 2 heterocycles. The van der Waals surface area contributed by atoms with Crippen LogP contribution in [0, 0.1) is 0 Å². The second-order valence-corrected chi connectivity index (χ2v) is 8.46. The van der Waals surface area contributed by atoms with Crippen molar-refractivity contribution >= 4 is 29.9 Å². The predicted octanol–water partition coefficient (Wildman–Crippen LogP) is 1.92. The maximum atomic E-state index is 5.61.